The van der Waals surface area contributed by atoms with Crippen molar-refractivity contribution in [1.82, 2.24) is 5.32 Å². The maximum atomic E-state index is 13.2. The molecule has 1 amide bonds. The minimum absolute atomic E-state index is 0.0356. The van der Waals surface area contributed by atoms with E-state index >= 15 is 0 Å². The summed E-state index contributed by atoms with van der Waals surface area (Å²) in [6.07, 6.45) is 58.6. The molecule has 348 valence electrons. The Labute approximate surface area is 371 Å². The lowest BCUT2D eigenvalue weighted by Gasteiger charge is -2.24. The lowest BCUT2D eigenvalue weighted by Crippen LogP contribution is -2.46. The molecular formula is C54H97NO5. The van der Waals surface area contributed by atoms with Crippen LogP contribution in [-0.2, 0) is 14.3 Å². The van der Waals surface area contributed by atoms with Gasteiger partial charge in [-0.25, -0.2) is 0 Å². The van der Waals surface area contributed by atoms with Crippen molar-refractivity contribution in [2.75, 3.05) is 6.61 Å². The van der Waals surface area contributed by atoms with Gasteiger partial charge in [0.1, 0.15) is 6.10 Å². The first-order valence-corrected chi connectivity index (χ1v) is 25.5. The van der Waals surface area contributed by atoms with Crippen LogP contribution in [0.4, 0.5) is 0 Å². The number of esters is 1. The van der Waals surface area contributed by atoms with E-state index in [2.05, 4.69) is 86.8 Å². The molecule has 0 aliphatic carbocycles. The van der Waals surface area contributed by atoms with Crippen molar-refractivity contribution >= 4 is 11.9 Å². The Balaban J connectivity index is 4.57. The number of carbonyl (C=O) groups excluding carboxylic acids is 2. The Morgan fingerprint density at radius 1 is 0.500 bits per heavy atom. The van der Waals surface area contributed by atoms with Crippen LogP contribution in [0, 0.1) is 0 Å². The van der Waals surface area contributed by atoms with Gasteiger partial charge in [0.2, 0.25) is 5.91 Å². The van der Waals surface area contributed by atoms with E-state index in [4.69, 9.17) is 4.74 Å². The van der Waals surface area contributed by atoms with Crippen LogP contribution in [0.3, 0.4) is 0 Å². The molecule has 6 nitrogen and oxygen atoms in total. The number of rotatable bonds is 45. The Bertz CT molecular complexity index is 1080. The van der Waals surface area contributed by atoms with Crippen LogP contribution in [0.15, 0.2) is 60.8 Å². The van der Waals surface area contributed by atoms with Gasteiger partial charge in [0.25, 0.3) is 0 Å². The molecule has 3 atom stereocenters. The van der Waals surface area contributed by atoms with Crippen LogP contribution in [0.1, 0.15) is 245 Å². The summed E-state index contributed by atoms with van der Waals surface area (Å²) in [5, 5.41) is 23.8. The van der Waals surface area contributed by atoms with Gasteiger partial charge in [-0.1, -0.05) is 216 Å². The van der Waals surface area contributed by atoms with Crippen molar-refractivity contribution < 1.29 is 24.5 Å². The first-order chi connectivity index (χ1) is 29.5. The largest absolute Gasteiger partial charge is 0.462 e. The van der Waals surface area contributed by atoms with Gasteiger partial charge < -0.3 is 20.3 Å². The van der Waals surface area contributed by atoms with Crippen LogP contribution in [0.5, 0.6) is 0 Å². The van der Waals surface area contributed by atoms with E-state index in [0.29, 0.717) is 19.3 Å². The zero-order valence-electron chi connectivity index (χ0n) is 39.6. The average molecular weight is 840 g/mol. The number of hydrogen-bond donors (Lipinski definition) is 3. The quantitative estimate of drug-likeness (QED) is 0.0322. The van der Waals surface area contributed by atoms with Crippen molar-refractivity contribution in [1.29, 1.82) is 0 Å². The lowest BCUT2D eigenvalue weighted by atomic mass is 10.0. The van der Waals surface area contributed by atoms with E-state index in [9.17, 15) is 19.8 Å². The highest BCUT2D eigenvalue weighted by Crippen LogP contribution is 2.17. The molecular weight excluding hydrogens is 743 g/mol. The number of unbranched alkanes of at least 4 members (excludes halogenated alkanes) is 23. The van der Waals surface area contributed by atoms with Crippen LogP contribution >= 0.6 is 0 Å². The molecule has 0 radical (unpaired) electrons. The number of aliphatic hydroxyl groups excluding tert-OH is 2. The number of ether oxygens (including phenoxy) is 1. The Morgan fingerprint density at radius 2 is 0.950 bits per heavy atom. The molecule has 0 rings (SSSR count). The van der Waals surface area contributed by atoms with Gasteiger partial charge in [0.05, 0.1) is 25.2 Å². The predicted molar refractivity (Wildman–Crippen MR) is 259 cm³/mol. The van der Waals surface area contributed by atoms with Crippen molar-refractivity contribution in [3.8, 4) is 0 Å². The number of amides is 1. The molecule has 0 aliphatic rings. The highest BCUT2D eigenvalue weighted by molar-refractivity contribution is 5.77. The summed E-state index contributed by atoms with van der Waals surface area (Å²) in [7, 11) is 0. The minimum Gasteiger partial charge on any atom is -0.462 e. The summed E-state index contributed by atoms with van der Waals surface area (Å²) in [4.78, 5) is 26.0. The third kappa shape index (κ3) is 42.3. The SMILES string of the molecule is CC/C=C/C/C=C/C/C=C/C/C=C/CCCC(CC(=O)NC(CO)C(O)CCCCCCCCCCCCCCCCCCC)OC(=O)CCCCCCC/C=C\CCC. The molecule has 3 N–H and O–H groups in total. The molecule has 0 bridgehead atoms. The van der Waals surface area contributed by atoms with Gasteiger partial charge in [-0.05, 0) is 77.0 Å². The molecule has 0 aromatic heterocycles. The molecule has 0 aromatic carbocycles. The fourth-order valence-corrected chi connectivity index (χ4v) is 7.49. The smallest absolute Gasteiger partial charge is 0.306 e. The minimum atomic E-state index is -0.804. The first kappa shape index (κ1) is 57.6. The summed E-state index contributed by atoms with van der Waals surface area (Å²) >= 11 is 0. The van der Waals surface area contributed by atoms with Crippen LogP contribution < -0.4 is 5.32 Å². The molecule has 60 heavy (non-hydrogen) atoms. The predicted octanol–water partition coefficient (Wildman–Crippen LogP) is 15.2. The van der Waals surface area contributed by atoms with E-state index < -0.39 is 18.2 Å². The molecule has 6 heteroatoms. The van der Waals surface area contributed by atoms with Crippen molar-refractivity contribution in [2.45, 2.75) is 264 Å². The molecule has 0 aliphatic heterocycles. The molecule has 0 heterocycles. The lowest BCUT2D eigenvalue weighted by molar-refractivity contribution is -0.151. The molecule has 0 saturated heterocycles. The van der Waals surface area contributed by atoms with E-state index in [0.717, 1.165) is 89.9 Å². The third-order valence-corrected chi connectivity index (χ3v) is 11.3. The van der Waals surface area contributed by atoms with Gasteiger partial charge >= 0.3 is 5.97 Å². The van der Waals surface area contributed by atoms with Gasteiger partial charge in [-0.15, -0.1) is 0 Å². The van der Waals surface area contributed by atoms with Gasteiger partial charge in [-0.2, -0.15) is 0 Å². The average Bonchev–Trinajstić information content (AvgIpc) is 3.24. The summed E-state index contributed by atoms with van der Waals surface area (Å²) in [6, 6.07) is -0.721. The number of hydrogen-bond acceptors (Lipinski definition) is 5. The summed E-state index contributed by atoms with van der Waals surface area (Å²) < 4.78 is 5.88. The summed E-state index contributed by atoms with van der Waals surface area (Å²) in [6.45, 7) is 6.30. The van der Waals surface area contributed by atoms with Crippen molar-refractivity contribution in [3.05, 3.63) is 60.8 Å². The second kappa shape index (κ2) is 47.6. The van der Waals surface area contributed by atoms with Crippen LogP contribution in [0.2, 0.25) is 0 Å². The number of aliphatic hydroxyl groups is 2. The summed E-state index contributed by atoms with van der Waals surface area (Å²) in [5.41, 5.74) is 0. The fraction of sp³-hybridized carbons (Fsp3) is 0.778. The standard InChI is InChI=1S/C54H97NO5/c1-4-7-10-13-16-19-22-24-26-27-28-30-32-34-37-40-43-46-52(57)51(49-56)55-53(58)48-50(60-54(59)47-44-41-38-35-21-18-15-12-9-6-3)45-42-39-36-33-31-29-25-23-20-17-14-11-8-5-2/h8,11-12,15,17,20,25,29,33,36,50-52,56-57H,4-7,9-10,13-14,16,18-19,21-24,26-28,30-32,34-35,37-49H2,1-3H3,(H,55,58)/b11-8+,15-12-,20-17+,29-25+,36-33+. The van der Waals surface area contributed by atoms with E-state index in [1.807, 2.05) is 0 Å². The monoisotopic (exact) mass is 840 g/mol. The molecule has 0 fully saturated rings. The maximum absolute atomic E-state index is 13.2. The zero-order valence-corrected chi connectivity index (χ0v) is 39.6. The van der Waals surface area contributed by atoms with E-state index in [1.165, 1.54) is 109 Å². The van der Waals surface area contributed by atoms with Gasteiger partial charge in [0, 0.05) is 6.42 Å². The second-order valence-electron chi connectivity index (χ2n) is 17.2. The van der Waals surface area contributed by atoms with Gasteiger partial charge in [0.15, 0.2) is 0 Å². The normalized spacial score (nSPS) is 13.8. The Hall–Kier alpha value is -2.44. The highest BCUT2D eigenvalue weighted by Gasteiger charge is 2.24. The molecule has 0 spiro atoms. The molecule has 0 aromatic rings. The first-order valence-electron chi connectivity index (χ1n) is 25.5. The van der Waals surface area contributed by atoms with Crippen molar-refractivity contribution in [3.63, 3.8) is 0 Å². The van der Waals surface area contributed by atoms with E-state index in [-0.39, 0.29) is 24.9 Å². The second-order valence-corrected chi connectivity index (χ2v) is 17.2. The maximum Gasteiger partial charge on any atom is 0.306 e. The molecule has 0 saturated carbocycles. The number of allylic oxidation sites excluding steroid dienone is 10. The zero-order chi connectivity index (χ0) is 43.8. The molecule has 3 unspecified atom stereocenters. The number of nitrogens with one attached hydrogen (secondary N) is 1. The van der Waals surface area contributed by atoms with Gasteiger partial charge in [-0.3, -0.25) is 9.59 Å². The Kier molecular flexibility index (Phi) is 45.7. The van der Waals surface area contributed by atoms with Crippen LogP contribution in [-0.4, -0.2) is 46.9 Å². The third-order valence-electron chi connectivity index (χ3n) is 11.3. The number of carbonyl (C=O) groups is 2. The summed E-state index contributed by atoms with van der Waals surface area (Å²) in [5.74, 6) is -0.540. The van der Waals surface area contributed by atoms with Crippen molar-refractivity contribution in [2.24, 2.45) is 0 Å². The Morgan fingerprint density at radius 3 is 1.48 bits per heavy atom. The van der Waals surface area contributed by atoms with Crippen LogP contribution in [0.25, 0.3) is 0 Å². The highest BCUT2D eigenvalue weighted by atomic mass is 16.5. The topological polar surface area (TPSA) is 95.9 Å². The van der Waals surface area contributed by atoms with E-state index in [1.54, 1.807) is 0 Å². The fourth-order valence-electron chi connectivity index (χ4n) is 7.49.